The molecule has 1 atom stereocenters. The molecule has 0 aliphatic rings. The van der Waals surface area contributed by atoms with Crippen LogP contribution in [0.25, 0.3) is 10.4 Å². The van der Waals surface area contributed by atoms with E-state index in [4.69, 9.17) is 9.84 Å². The lowest BCUT2D eigenvalue weighted by Gasteiger charge is -2.11. The molecule has 0 saturated heterocycles. The number of carbonyl (C=O) groups is 1. The van der Waals surface area contributed by atoms with Crippen molar-refractivity contribution in [2.75, 3.05) is 13.7 Å². The molecule has 6 nitrogen and oxygen atoms in total. The molecule has 2 rings (SSSR count). The molecule has 0 fully saturated rings. The molecule has 0 radical (unpaired) electrons. The van der Waals surface area contributed by atoms with Crippen LogP contribution in [-0.2, 0) is 17.9 Å². The molecule has 3 N–H and O–H groups in total. The quantitative estimate of drug-likeness (QED) is 0.724. The molecule has 2 amide bonds. The van der Waals surface area contributed by atoms with Gasteiger partial charge in [-0.3, -0.25) is 0 Å². The molecule has 1 aromatic heterocycles. The first kappa shape index (κ1) is 17.4. The maximum absolute atomic E-state index is 11.8. The van der Waals surface area contributed by atoms with Crippen molar-refractivity contribution in [3.05, 3.63) is 41.0 Å². The fourth-order valence-corrected chi connectivity index (χ4v) is 3.06. The lowest BCUT2D eigenvalue weighted by atomic mass is 10.1. The van der Waals surface area contributed by atoms with Gasteiger partial charge in [0.15, 0.2) is 0 Å². The van der Waals surface area contributed by atoms with E-state index in [-0.39, 0.29) is 18.7 Å². The van der Waals surface area contributed by atoms with Crippen molar-refractivity contribution >= 4 is 17.4 Å². The lowest BCUT2D eigenvalue weighted by molar-refractivity contribution is 0.184. The topological polar surface area (TPSA) is 83.5 Å². The van der Waals surface area contributed by atoms with Crippen molar-refractivity contribution in [1.29, 1.82) is 0 Å². The zero-order chi connectivity index (χ0) is 16.7. The molecule has 7 heteroatoms. The smallest absolute Gasteiger partial charge is 0.315 e. The second-order valence-electron chi connectivity index (χ2n) is 5.09. The van der Waals surface area contributed by atoms with E-state index in [1.807, 2.05) is 30.3 Å². The first-order valence-corrected chi connectivity index (χ1v) is 8.13. The highest BCUT2D eigenvalue weighted by Gasteiger charge is 2.14. The Labute approximate surface area is 139 Å². The van der Waals surface area contributed by atoms with Gasteiger partial charge in [0, 0.05) is 7.11 Å². The second kappa shape index (κ2) is 8.61. The molecular formula is C16H21N3O3S. The zero-order valence-electron chi connectivity index (χ0n) is 13.2. The summed E-state index contributed by atoms with van der Waals surface area (Å²) in [7, 11) is 1.63. The number of hydrogen-bond donors (Lipinski definition) is 3. The van der Waals surface area contributed by atoms with Gasteiger partial charge in [-0.25, -0.2) is 9.78 Å². The standard InChI is InChI=1S/C16H21N3O3S/c1-11(9-20)18-16(21)17-8-13-15(12-6-4-3-5-7-12)23-14(19-13)10-22-2/h3-7,11,20H,8-10H2,1-2H3,(H2,17,18,21)/t11-/m0/s1. The number of methoxy groups -OCH3 is 1. The molecule has 0 spiro atoms. The summed E-state index contributed by atoms with van der Waals surface area (Å²) in [4.78, 5) is 17.4. The van der Waals surface area contributed by atoms with Gasteiger partial charge in [0.1, 0.15) is 5.01 Å². The first-order valence-electron chi connectivity index (χ1n) is 7.32. The summed E-state index contributed by atoms with van der Waals surface area (Å²) in [5, 5.41) is 15.2. The summed E-state index contributed by atoms with van der Waals surface area (Å²) in [5.41, 5.74) is 1.87. The minimum absolute atomic E-state index is 0.0998. The van der Waals surface area contributed by atoms with Crippen molar-refractivity contribution in [3.8, 4) is 10.4 Å². The Hall–Kier alpha value is -1.96. The third-order valence-corrected chi connectivity index (χ3v) is 4.23. The van der Waals surface area contributed by atoms with Crippen LogP contribution in [0.1, 0.15) is 17.6 Å². The van der Waals surface area contributed by atoms with E-state index < -0.39 is 0 Å². The van der Waals surface area contributed by atoms with Gasteiger partial charge in [0.05, 0.1) is 36.4 Å². The highest BCUT2D eigenvalue weighted by molar-refractivity contribution is 7.15. The van der Waals surface area contributed by atoms with Crippen LogP contribution in [0, 0.1) is 0 Å². The minimum atomic E-state index is -0.327. The lowest BCUT2D eigenvalue weighted by Crippen LogP contribution is -2.42. The number of aromatic nitrogens is 1. The summed E-state index contributed by atoms with van der Waals surface area (Å²) in [5.74, 6) is 0. The number of benzene rings is 1. The van der Waals surface area contributed by atoms with Crippen LogP contribution in [0.15, 0.2) is 30.3 Å². The van der Waals surface area contributed by atoms with Gasteiger partial charge in [-0.15, -0.1) is 11.3 Å². The minimum Gasteiger partial charge on any atom is -0.394 e. The number of aliphatic hydroxyl groups is 1. The van der Waals surface area contributed by atoms with Crippen LogP contribution in [0.5, 0.6) is 0 Å². The van der Waals surface area contributed by atoms with Crippen molar-refractivity contribution in [2.45, 2.75) is 26.1 Å². The number of hydrogen-bond acceptors (Lipinski definition) is 5. The highest BCUT2D eigenvalue weighted by atomic mass is 32.1. The summed E-state index contributed by atoms with van der Waals surface area (Å²) in [6, 6.07) is 9.32. The highest BCUT2D eigenvalue weighted by Crippen LogP contribution is 2.30. The predicted molar refractivity (Wildman–Crippen MR) is 90.2 cm³/mol. The van der Waals surface area contributed by atoms with Crippen molar-refractivity contribution in [2.24, 2.45) is 0 Å². The monoisotopic (exact) mass is 335 g/mol. The molecule has 2 aromatic rings. The summed E-state index contributed by atoms with van der Waals surface area (Å²) in [6.45, 7) is 2.39. The van der Waals surface area contributed by atoms with Gasteiger partial charge in [0.25, 0.3) is 0 Å². The van der Waals surface area contributed by atoms with Gasteiger partial charge < -0.3 is 20.5 Å². The van der Waals surface area contributed by atoms with Crippen LogP contribution >= 0.6 is 11.3 Å². The first-order chi connectivity index (χ1) is 11.1. The molecule has 23 heavy (non-hydrogen) atoms. The fraction of sp³-hybridized carbons (Fsp3) is 0.375. The third kappa shape index (κ3) is 5.02. The molecular weight excluding hydrogens is 314 g/mol. The molecule has 124 valence electrons. The number of rotatable bonds is 7. The van der Waals surface area contributed by atoms with Crippen LogP contribution in [0.2, 0.25) is 0 Å². The average Bonchev–Trinajstić information content (AvgIpc) is 2.97. The van der Waals surface area contributed by atoms with Gasteiger partial charge >= 0.3 is 6.03 Å². The summed E-state index contributed by atoms with van der Waals surface area (Å²) >= 11 is 1.56. The van der Waals surface area contributed by atoms with E-state index in [0.29, 0.717) is 13.2 Å². The molecule has 0 saturated carbocycles. The van der Waals surface area contributed by atoms with E-state index >= 15 is 0 Å². The number of carbonyl (C=O) groups excluding carboxylic acids is 1. The van der Waals surface area contributed by atoms with Gasteiger partial charge in [-0.2, -0.15) is 0 Å². The Bertz CT molecular complexity index is 631. The zero-order valence-corrected chi connectivity index (χ0v) is 14.0. The van der Waals surface area contributed by atoms with E-state index in [2.05, 4.69) is 15.6 Å². The van der Waals surface area contributed by atoms with E-state index in [9.17, 15) is 4.79 Å². The number of nitrogens with zero attached hydrogens (tertiary/aromatic N) is 1. The Morgan fingerprint density at radius 3 is 2.78 bits per heavy atom. The molecule has 0 aliphatic carbocycles. The predicted octanol–water partition coefficient (Wildman–Crippen LogP) is 2.14. The van der Waals surface area contributed by atoms with Gasteiger partial charge in [-0.05, 0) is 12.5 Å². The Morgan fingerprint density at radius 2 is 2.13 bits per heavy atom. The van der Waals surface area contributed by atoms with E-state index in [1.54, 1.807) is 25.4 Å². The normalized spacial score (nSPS) is 12.0. The van der Waals surface area contributed by atoms with Crippen molar-refractivity contribution < 1.29 is 14.6 Å². The average molecular weight is 335 g/mol. The number of ether oxygens (including phenoxy) is 1. The van der Waals surface area contributed by atoms with Crippen LogP contribution in [0.3, 0.4) is 0 Å². The SMILES string of the molecule is COCc1nc(CNC(=O)N[C@@H](C)CO)c(-c2ccccc2)s1. The Kier molecular flexibility index (Phi) is 6.52. The number of thiazole rings is 1. The molecule has 0 aliphatic heterocycles. The summed E-state index contributed by atoms with van der Waals surface area (Å²) in [6.07, 6.45) is 0. The number of aliphatic hydroxyl groups excluding tert-OH is 1. The van der Waals surface area contributed by atoms with Gasteiger partial charge in [0.2, 0.25) is 0 Å². The van der Waals surface area contributed by atoms with Crippen LogP contribution in [-0.4, -0.2) is 35.9 Å². The largest absolute Gasteiger partial charge is 0.394 e. The molecule has 0 unspecified atom stereocenters. The maximum atomic E-state index is 11.8. The Morgan fingerprint density at radius 1 is 1.39 bits per heavy atom. The fourth-order valence-electron chi connectivity index (χ4n) is 2.01. The van der Waals surface area contributed by atoms with Crippen LogP contribution < -0.4 is 10.6 Å². The number of urea groups is 1. The van der Waals surface area contributed by atoms with Crippen molar-refractivity contribution in [1.82, 2.24) is 15.6 Å². The summed E-state index contributed by atoms with van der Waals surface area (Å²) < 4.78 is 5.15. The third-order valence-electron chi connectivity index (χ3n) is 3.11. The number of amides is 2. The Balaban J connectivity index is 2.12. The van der Waals surface area contributed by atoms with E-state index in [0.717, 1.165) is 21.1 Å². The second-order valence-corrected chi connectivity index (χ2v) is 6.18. The van der Waals surface area contributed by atoms with Crippen molar-refractivity contribution in [3.63, 3.8) is 0 Å². The van der Waals surface area contributed by atoms with Crippen LogP contribution in [0.4, 0.5) is 4.79 Å². The maximum Gasteiger partial charge on any atom is 0.315 e. The molecule has 0 bridgehead atoms. The molecule has 1 aromatic carbocycles. The molecule has 1 heterocycles. The van der Waals surface area contributed by atoms with E-state index in [1.165, 1.54) is 0 Å². The van der Waals surface area contributed by atoms with Gasteiger partial charge in [-0.1, -0.05) is 30.3 Å². The number of nitrogens with one attached hydrogen (secondary N) is 2.